The summed E-state index contributed by atoms with van der Waals surface area (Å²) in [7, 11) is 8.81. The van der Waals surface area contributed by atoms with Crippen molar-refractivity contribution in [2.45, 2.75) is 44.6 Å². The average Bonchev–Trinajstić information content (AvgIpc) is 2.92. The van der Waals surface area contributed by atoms with Crippen molar-refractivity contribution in [2.24, 2.45) is 0 Å². The van der Waals surface area contributed by atoms with E-state index < -0.39 is 0 Å². The first kappa shape index (κ1) is 32.0. The number of unbranched alkanes of at least 4 members (excludes halogenated alkanes) is 2. The molecule has 0 unspecified atom stereocenters. The van der Waals surface area contributed by atoms with Crippen LogP contribution in [0.3, 0.4) is 0 Å². The Balaban J connectivity index is 0.00000507. The minimum atomic E-state index is -0.175. The Morgan fingerprint density at radius 1 is 0.921 bits per heavy atom. The number of carbonyl (C=O) groups excluding carboxylic acids is 1. The Morgan fingerprint density at radius 2 is 1.58 bits per heavy atom. The predicted octanol–water partition coefficient (Wildman–Crippen LogP) is 1.11. The first-order valence-electron chi connectivity index (χ1n) is 13.0. The number of rotatable bonds is 14. The zero-order chi connectivity index (χ0) is 26.8. The zero-order valence-electron chi connectivity index (χ0n) is 23.3. The Labute approximate surface area is 243 Å². The number of aliphatic hydroxyl groups is 1. The summed E-state index contributed by atoms with van der Waals surface area (Å²) in [5.74, 6) is 2.65. The summed E-state index contributed by atoms with van der Waals surface area (Å²) in [4.78, 5) is 12.6. The van der Waals surface area contributed by atoms with Gasteiger partial charge in [0.25, 0.3) is 0 Å². The molecule has 1 N–H and O–H groups in total. The molecule has 2 aromatic rings. The van der Waals surface area contributed by atoms with Gasteiger partial charge >= 0.3 is 5.97 Å². The van der Waals surface area contributed by atoms with Crippen LogP contribution in [0.5, 0.6) is 23.0 Å². The van der Waals surface area contributed by atoms with Crippen LogP contribution in [0.2, 0.25) is 0 Å². The Bertz CT molecular complexity index is 1050. The van der Waals surface area contributed by atoms with E-state index in [1.165, 1.54) is 11.1 Å². The molecule has 212 valence electrons. The van der Waals surface area contributed by atoms with Crippen LogP contribution in [0.25, 0.3) is 0 Å². The quantitative estimate of drug-likeness (QED) is 0.143. The van der Waals surface area contributed by atoms with E-state index in [1.807, 2.05) is 12.1 Å². The summed E-state index contributed by atoms with van der Waals surface area (Å²) < 4.78 is 28.4. The van der Waals surface area contributed by atoms with Crippen LogP contribution in [-0.2, 0) is 22.4 Å². The lowest BCUT2D eigenvalue weighted by molar-refractivity contribution is -0.940. The lowest BCUT2D eigenvalue weighted by atomic mass is 9.86. The number of benzene rings is 2. The Morgan fingerprint density at radius 3 is 2.24 bits per heavy atom. The smallest absolute Gasteiger partial charge is 0.311 e. The van der Waals surface area contributed by atoms with Crippen molar-refractivity contribution in [3.05, 3.63) is 47.0 Å². The van der Waals surface area contributed by atoms with E-state index in [1.54, 1.807) is 28.4 Å². The third-order valence-electron chi connectivity index (χ3n) is 7.42. The van der Waals surface area contributed by atoms with Gasteiger partial charge in [-0.05, 0) is 54.7 Å². The highest BCUT2D eigenvalue weighted by Crippen LogP contribution is 2.43. The molecule has 0 aromatic heterocycles. The highest BCUT2D eigenvalue weighted by atomic mass is 127. The van der Waals surface area contributed by atoms with Gasteiger partial charge in [-0.2, -0.15) is 0 Å². The van der Waals surface area contributed by atoms with E-state index in [9.17, 15) is 4.79 Å². The van der Waals surface area contributed by atoms with Crippen molar-refractivity contribution in [2.75, 3.05) is 61.8 Å². The van der Waals surface area contributed by atoms with E-state index in [0.29, 0.717) is 41.3 Å². The maximum Gasteiger partial charge on any atom is 0.311 e. The van der Waals surface area contributed by atoms with Crippen LogP contribution in [0.4, 0.5) is 0 Å². The van der Waals surface area contributed by atoms with Gasteiger partial charge in [-0.3, -0.25) is 4.79 Å². The van der Waals surface area contributed by atoms with Crippen molar-refractivity contribution in [3.63, 3.8) is 0 Å². The zero-order valence-corrected chi connectivity index (χ0v) is 25.4. The Hall–Kier alpha value is -2.24. The van der Waals surface area contributed by atoms with Crippen LogP contribution < -0.4 is 42.9 Å². The van der Waals surface area contributed by atoms with E-state index in [-0.39, 0.29) is 42.6 Å². The topological polar surface area (TPSA) is 83.5 Å². The summed E-state index contributed by atoms with van der Waals surface area (Å²) in [6.07, 6.45) is 4.35. The van der Waals surface area contributed by atoms with Crippen LogP contribution in [0.15, 0.2) is 30.3 Å². The lowest BCUT2D eigenvalue weighted by Crippen LogP contribution is -3.00. The van der Waals surface area contributed by atoms with Crippen molar-refractivity contribution in [3.8, 4) is 23.0 Å². The van der Waals surface area contributed by atoms with E-state index in [2.05, 4.69) is 25.2 Å². The van der Waals surface area contributed by atoms with Gasteiger partial charge < -0.3 is 57.3 Å². The SMILES string of the molecule is COc1ccc(C[C@@H]2c3cc(OC)c(OC)cc3CC[N@@+]2(C)CCC(=O)OCCCCCO)cc1OC.[I-]. The number of nitrogens with zero attached hydrogens (tertiary/aromatic N) is 1. The molecule has 0 amide bonds. The molecule has 1 aliphatic heterocycles. The molecule has 0 saturated carbocycles. The molecule has 3 rings (SSSR count). The minimum absolute atomic E-state index is 0. The second-order valence-corrected chi connectivity index (χ2v) is 9.75. The molecule has 0 radical (unpaired) electrons. The number of aliphatic hydroxyl groups excluding tert-OH is 1. The summed E-state index contributed by atoms with van der Waals surface area (Å²) in [6.45, 7) is 2.13. The number of hydrogen-bond donors (Lipinski definition) is 1. The van der Waals surface area contributed by atoms with Crippen molar-refractivity contribution in [1.29, 1.82) is 0 Å². The number of quaternary nitrogens is 1. The van der Waals surface area contributed by atoms with Crippen LogP contribution >= 0.6 is 0 Å². The Kier molecular flexibility index (Phi) is 12.9. The second-order valence-electron chi connectivity index (χ2n) is 9.75. The van der Waals surface area contributed by atoms with Gasteiger partial charge in [0.05, 0.1) is 61.6 Å². The number of ether oxygens (including phenoxy) is 5. The summed E-state index contributed by atoms with van der Waals surface area (Å²) in [5, 5.41) is 8.91. The summed E-state index contributed by atoms with van der Waals surface area (Å²) in [5.41, 5.74) is 3.57. The van der Waals surface area contributed by atoms with Gasteiger partial charge in [0.2, 0.25) is 0 Å². The number of hydrogen-bond acceptors (Lipinski definition) is 7. The fraction of sp³-hybridized carbons (Fsp3) is 0.552. The van der Waals surface area contributed by atoms with Crippen molar-refractivity contribution >= 4 is 5.97 Å². The predicted molar refractivity (Wildman–Crippen MR) is 142 cm³/mol. The number of methoxy groups -OCH3 is 4. The molecule has 2 atom stereocenters. The molecule has 0 fully saturated rings. The molecule has 0 spiro atoms. The van der Waals surface area contributed by atoms with Crippen molar-refractivity contribution < 1.29 is 62.0 Å². The average molecular weight is 644 g/mol. The molecular weight excluding hydrogens is 601 g/mol. The highest BCUT2D eigenvalue weighted by Gasteiger charge is 2.40. The van der Waals surface area contributed by atoms with Crippen LogP contribution in [0.1, 0.15) is 48.4 Å². The third-order valence-corrected chi connectivity index (χ3v) is 7.42. The van der Waals surface area contributed by atoms with Gasteiger partial charge in [-0.1, -0.05) is 6.07 Å². The molecule has 9 heteroatoms. The molecular formula is C29H42INO7. The summed E-state index contributed by atoms with van der Waals surface area (Å²) in [6, 6.07) is 10.3. The van der Waals surface area contributed by atoms with Gasteiger partial charge in [-0.25, -0.2) is 0 Å². The fourth-order valence-corrected chi connectivity index (χ4v) is 5.16. The fourth-order valence-electron chi connectivity index (χ4n) is 5.16. The highest BCUT2D eigenvalue weighted by molar-refractivity contribution is 5.69. The molecule has 8 nitrogen and oxygen atoms in total. The van der Waals surface area contributed by atoms with Gasteiger partial charge in [0.1, 0.15) is 6.04 Å². The van der Waals surface area contributed by atoms with Gasteiger partial charge in [0, 0.05) is 25.0 Å². The van der Waals surface area contributed by atoms with Gasteiger partial charge in [-0.15, -0.1) is 0 Å². The first-order valence-corrected chi connectivity index (χ1v) is 13.0. The van der Waals surface area contributed by atoms with E-state index >= 15 is 0 Å². The number of carbonyl (C=O) groups is 1. The molecule has 1 aliphatic rings. The molecule has 38 heavy (non-hydrogen) atoms. The second kappa shape index (κ2) is 15.4. The standard InChI is InChI=1S/C29H42NO7.HI/c1-30(14-12-29(32)37-16-8-6-7-15-31)13-11-22-19-27(35-4)28(36-5)20-23(22)24(30)17-21-9-10-25(33-2)26(18-21)34-3;/h9-10,18-20,24,31H,6-8,11-17H2,1-5H3;1H/q+1;/p-1/t24-,30+;/m1./s1. The largest absolute Gasteiger partial charge is 1.00 e. The molecule has 2 aromatic carbocycles. The van der Waals surface area contributed by atoms with Crippen LogP contribution in [0, 0.1) is 0 Å². The van der Waals surface area contributed by atoms with E-state index in [0.717, 1.165) is 50.0 Å². The number of halogens is 1. The number of esters is 1. The van der Waals surface area contributed by atoms with Crippen molar-refractivity contribution in [1.82, 2.24) is 0 Å². The molecule has 0 aliphatic carbocycles. The maximum atomic E-state index is 12.6. The van der Waals surface area contributed by atoms with Crippen LogP contribution in [-0.4, -0.2) is 77.3 Å². The van der Waals surface area contributed by atoms with Gasteiger partial charge in [0.15, 0.2) is 23.0 Å². The third kappa shape index (κ3) is 7.89. The molecule has 0 saturated heterocycles. The first-order chi connectivity index (χ1) is 17.9. The summed E-state index contributed by atoms with van der Waals surface area (Å²) >= 11 is 0. The molecule has 0 bridgehead atoms. The van der Waals surface area contributed by atoms with E-state index in [4.69, 9.17) is 28.8 Å². The number of likely N-dealkylation sites (N-methyl/N-ethyl adjacent to an activating group) is 1. The number of fused-ring (bicyclic) bond motifs is 1. The monoisotopic (exact) mass is 643 g/mol. The molecule has 1 heterocycles. The minimum Gasteiger partial charge on any atom is -1.00 e. The maximum absolute atomic E-state index is 12.6. The lowest BCUT2D eigenvalue weighted by Gasteiger charge is -2.46. The normalized spacial score (nSPS) is 18.1.